The van der Waals surface area contributed by atoms with Crippen molar-refractivity contribution in [2.24, 2.45) is 5.92 Å². The van der Waals surface area contributed by atoms with Gasteiger partial charge in [-0.05, 0) is 50.1 Å². The SMILES string of the molecule is CC1CN(c2ccc(-n3c(-c4cc(C(=N)C(C)C)c(N)cc4O)nnc3C(O)NCC(F)(F)F)cc2)CC(C)O1. The van der Waals surface area contributed by atoms with Gasteiger partial charge in [-0.1, -0.05) is 13.8 Å². The molecule has 1 aliphatic heterocycles. The van der Waals surface area contributed by atoms with Gasteiger partial charge in [0.25, 0.3) is 0 Å². The fourth-order valence-corrected chi connectivity index (χ4v) is 4.74. The standard InChI is InChI=1S/C27H34F3N7O3/c1-14(2)23(32)19-9-20(22(38)10-21(19)31)24-34-35-25(26(39)33-13-27(28,29)30)37(24)18-7-5-17(6-8-18)36-11-15(3)40-16(4)12-36/h5-10,14-16,26,32-33,38-39H,11-13,31H2,1-4H3. The molecule has 2 aromatic carbocycles. The van der Waals surface area contributed by atoms with Gasteiger partial charge >= 0.3 is 6.18 Å². The number of hydrogen-bond donors (Lipinski definition) is 5. The number of aliphatic hydroxyl groups is 1. The molecule has 1 aliphatic rings. The molecule has 1 saturated heterocycles. The van der Waals surface area contributed by atoms with Gasteiger partial charge in [-0.2, -0.15) is 13.2 Å². The summed E-state index contributed by atoms with van der Waals surface area (Å²) in [6.45, 7) is 7.58. The molecule has 2 heterocycles. The Bertz CT molecular complexity index is 1350. The van der Waals surface area contributed by atoms with Gasteiger partial charge in [0, 0.05) is 47.5 Å². The number of ether oxygens (including phenoxy) is 1. The fourth-order valence-electron chi connectivity index (χ4n) is 4.74. The highest BCUT2D eigenvalue weighted by Gasteiger charge is 2.31. The number of nitrogen functional groups attached to an aromatic ring is 1. The molecule has 0 spiro atoms. The highest BCUT2D eigenvalue weighted by molar-refractivity contribution is 6.05. The zero-order valence-electron chi connectivity index (χ0n) is 22.7. The highest BCUT2D eigenvalue weighted by atomic mass is 19.4. The van der Waals surface area contributed by atoms with Crippen LogP contribution in [0.1, 0.15) is 45.3 Å². The van der Waals surface area contributed by atoms with Crippen LogP contribution in [-0.2, 0) is 4.74 Å². The predicted molar refractivity (Wildman–Crippen MR) is 146 cm³/mol. The molecule has 3 atom stereocenters. The van der Waals surface area contributed by atoms with Gasteiger partial charge < -0.3 is 31.0 Å². The number of anilines is 2. The van der Waals surface area contributed by atoms with Crippen LogP contribution in [0.15, 0.2) is 36.4 Å². The summed E-state index contributed by atoms with van der Waals surface area (Å²) in [5.74, 6) is -0.583. The van der Waals surface area contributed by atoms with Crippen LogP contribution in [0.3, 0.4) is 0 Å². The normalized spacial score (nSPS) is 18.8. The minimum absolute atomic E-state index is 0.0431. The molecule has 6 N–H and O–H groups in total. The Hall–Kier alpha value is -3.68. The molecule has 3 aromatic rings. The van der Waals surface area contributed by atoms with Crippen LogP contribution < -0.4 is 16.0 Å². The Morgan fingerprint density at radius 2 is 1.73 bits per heavy atom. The number of phenols is 1. The maximum atomic E-state index is 12.9. The number of phenolic OH excluding ortho intramolecular Hbond substituents is 1. The Labute approximate surface area is 230 Å². The summed E-state index contributed by atoms with van der Waals surface area (Å²) in [5, 5.41) is 40.0. The van der Waals surface area contributed by atoms with Crippen LogP contribution in [0.5, 0.6) is 5.75 Å². The molecule has 1 fully saturated rings. The molecular weight excluding hydrogens is 527 g/mol. The smallest absolute Gasteiger partial charge is 0.401 e. The van der Waals surface area contributed by atoms with Crippen LogP contribution in [0.25, 0.3) is 17.1 Å². The fraction of sp³-hybridized carbons (Fsp3) is 0.444. The molecule has 1 aromatic heterocycles. The number of halogens is 3. The van der Waals surface area contributed by atoms with E-state index >= 15 is 0 Å². The van der Waals surface area contributed by atoms with Crippen LogP contribution in [0, 0.1) is 11.3 Å². The monoisotopic (exact) mass is 561 g/mol. The summed E-state index contributed by atoms with van der Waals surface area (Å²) in [6, 6.07) is 9.97. The maximum Gasteiger partial charge on any atom is 0.401 e. The van der Waals surface area contributed by atoms with Gasteiger partial charge in [-0.3, -0.25) is 9.88 Å². The van der Waals surface area contributed by atoms with Gasteiger partial charge in [0.2, 0.25) is 0 Å². The lowest BCUT2D eigenvalue weighted by molar-refractivity contribution is -0.131. The number of hydrogen-bond acceptors (Lipinski definition) is 9. The van der Waals surface area contributed by atoms with Gasteiger partial charge in [0.05, 0.1) is 24.3 Å². The summed E-state index contributed by atoms with van der Waals surface area (Å²) >= 11 is 0. The van der Waals surface area contributed by atoms with Crippen LogP contribution in [0.4, 0.5) is 24.5 Å². The number of morpholine rings is 1. The van der Waals surface area contributed by atoms with Crippen molar-refractivity contribution in [2.75, 3.05) is 30.3 Å². The molecule has 40 heavy (non-hydrogen) atoms. The summed E-state index contributed by atoms with van der Waals surface area (Å²) in [5.41, 5.74) is 8.39. The lowest BCUT2D eigenvalue weighted by Crippen LogP contribution is -2.45. The number of nitrogens with zero attached hydrogens (tertiary/aromatic N) is 4. The van der Waals surface area contributed by atoms with Crippen molar-refractivity contribution in [3.63, 3.8) is 0 Å². The summed E-state index contributed by atoms with van der Waals surface area (Å²) in [4.78, 5) is 2.17. The van der Waals surface area contributed by atoms with Crippen LogP contribution in [0.2, 0.25) is 0 Å². The number of benzene rings is 2. The first-order valence-electron chi connectivity index (χ1n) is 12.9. The van der Waals surface area contributed by atoms with Crippen molar-refractivity contribution >= 4 is 17.1 Å². The van der Waals surface area contributed by atoms with E-state index in [0.29, 0.717) is 24.3 Å². The molecule has 13 heteroatoms. The second-order valence-electron chi connectivity index (χ2n) is 10.3. The van der Waals surface area contributed by atoms with E-state index in [9.17, 15) is 23.4 Å². The van der Waals surface area contributed by atoms with E-state index in [2.05, 4.69) is 15.1 Å². The third-order valence-corrected chi connectivity index (χ3v) is 6.60. The largest absolute Gasteiger partial charge is 0.507 e. The van der Waals surface area contributed by atoms with E-state index in [-0.39, 0.29) is 52.5 Å². The molecule has 216 valence electrons. The molecule has 0 aliphatic carbocycles. The van der Waals surface area contributed by atoms with E-state index in [1.165, 1.54) is 16.7 Å². The Morgan fingerprint density at radius 3 is 2.30 bits per heavy atom. The van der Waals surface area contributed by atoms with Crippen LogP contribution >= 0.6 is 0 Å². The van der Waals surface area contributed by atoms with Gasteiger partial charge in [-0.25, -0.2) is 0 Å². The quantitative estimate of drug-likeness (QED) is 0.158. The summed E-state index contributed by atoms with van der Waals surface area (Å²) in [7, 11) is 0. The number of aromatic hydroxyl groups is 1. The van der Waals surface area contributed by atoms with E-state index < -0.39 is 18.9 Å². The number of alkyl halides is 3. The maximum absolute atomic E-state index is 12.9. The lowest BCUT2D eigenvalue weighted by Gasteiger charge is -2.37. The molecule has 0 bridgehead atoms. The van der Waals surface area contributed by atoms with Crippen molar-refractivity contribution in [3.8, 4) is 22.8 Å². The van der Waals surface area contributed by atoms with Crippen molar-refractivity contribution in [1.29, 1.82) is 5.41 Å². The molecule has 4 rings (SSSR count). The molecular formula is C27H34F3N7O3. The van der Waals surface area contributed by atoms with E-state index in [1.54, 1.807) is 12.1 Å². The topological polar surface area (TPSA) is 146 Å². The van der Waals surface area contributed by atoms with Crippen molar-refractivity contribution in [1.82, 2.24) is 20.1 Å². The number of aliphatic hydroxyl groups excluding tert-OH is 1. The third-order valence-electron chi connectivity index (χ3n) is 6.60. The zero-order chi connectivity index (χ0) is 29.4. The Kier molecular flexibility index (Phi) is 8.38. The van der Waals surface area contributed by atoms with Crippen molar-refractivity contribution < 1.29 is 28.1 Å². The number of aromatic nitrogens is 3. The molecule has 10 nitrogen and oxygen atoms in total. The van der Waals surface area contributed by atoms with E-state index in [1.807, 2.05) is 45.1 Å². The number of rotatable bonds is 8. The zero-order valence-corrected chi connectivity index (χ0v) is 22.7. The average molecular weight is 562 g/mol. The Balaban J connectivity index is 1.81. The predicted octanol–water partition coefficient (Wildman–Crippen LogP) is 4.00. The van der Waals surface area contributed by atoms with E-state index in [0.717, 1.165) is 5.69 Å². The number of nitrogens with one attached hydrogen (secondary N) is 2. The van der Waals surface area contributed by atoms with Gasteiger partial charge in [-0.15, -0.1) is 10.2 Å². The number of nitrogens with two attached hydrogens (primary N) is 1. The third kappa shape index (κ3) is 6.37. The first kappa shape index (κ1) is 29.3. The first-order chi connectivity index (χ1) is 18.7. The van der Waals surface area contributed by atoms with Gasteiger partial charge in [0.15, 0.2) is 17.9 Å². The average Bonchev–Trinajstić information content (AvgIpc) is 3.31. The summed E-state index contributed by atoms with van der Waals surface area (Å²) < 4.78 is 45.8. The molecule has 0 amide bonds. The molecule has 0 saturated carbocycles. The molecule has 0 radical (unpaired) electrons. The minimum atomic E-state index is -4.57. The van der Waals surface area contributed by atoms with Crippen molar-refractivity contribution in [3.05, 3.63) is 47.8 Å². The minimum Gasteiger partial charge on any atom is -0.507 e. The van der Waals surface area contributed by atoms with Crippen molar-refractivity contribution in [2.45, 2.75) is 52.3 Å². The highest BCUT2D eigenvalue weighted by Crippen LogP contribution is 2.36. The second kappa shape index (κ2) is 11.4. The first-order valence-corrected chi connectivity index (χ1v) is 12.9. The summed E-state index contributed by atoms with van der Waals surface area (Å²) in [6.07, 6.45) is -6.31. The Morgan fingerprint density at radius 1 is 1.12 bits per heavy atom. The lowest BCUT2D eigenvalue weighted by atomic mass is 9.96. The van der Waals surface area contributed by atoms with Crippen LogP contribution in [-0.4, -0.2) is 68.7 Å². The molecule has 3 unspecified atom stereocenters. The van der Waals surface area contributed by atoms with E-state index in [4.69, 9.17) is 15.9 Å². The van der Waals surface area contributed by atoms with Gasteiger partial charge in [0.1, 0.15) is 5.75 Å². The second-order valence-corrected chi connectivity index (χ2v) is 10.3.